The quantitative estimate of drug-likeness (QED) is 0.269. The molecule has 0 bridgehead atoms. The van der Waals surface area contributed by atoms with Crippen LogP contribution in [-0.4, -0.2) is 32.4 Å². The van der Waals surface area contributed by atoms with E-state index in [0.717, 1.165) is 0 Å². The maximum Gasteiger partial charge on any atom is 0.631 e. The van der Waals surface area contributed by atoms with Crippen LogP contribution in [0.5, 0.6) is 0 Å². The van der Waals surface area contributed by atoms with Gasteiger partial charge in [0.05, 0.1) is 0 Å². The molecule has 0 aromatic carbocycles. The maximum absolute atomic E-state index is 7.17. The molecule has 0 amide bonds. The summed E-state index contributed by atoms with van der Waals surface area (Å²) in [5.74, 6) is 0.468. The molecule has 0 saturated heterocycles. The van der Waals surface area contributed by atoms with Crippen molar-refractivity contribution in [3.63, 3.8) is 0 Å². The van der Waals surface area contributed by atoms with Crippen LogP contribution < -0.4 is 5.73 Å². The predicted molar refractivity (Wildman–Crippen MR) is 35.4 cm³/mol. The third kappa shape index (κ3) is 6.95. The second kappa shape index (κ2) is 4.80. The number of nitrogens with one attached hydrogen (secondary N) is 1. The van der Waals surface area contributed by atoms with Crippen LogP contribution in [0.1, 0.15) is 0 Å². The topological polar surface area (TPSA) is 115 Å². The maximum atomic E-state index is 7.17. The summed E-state index contributed by atoms with van der Waals surface area (Å²) in [6, 6.07) is 0. The zero-order chi connectivity index (χ0) is 7.98. The Morgan fingerprint density at radius 3 is 2.10 bits per heavy atom. The number of nitrogens with two attached hydrogens (primary N) is 1. The lowest BCUT2D eigenvalue weighted by Crippen LogP contribution is -2.07. The summed E-state index contributed by atoms with van der Waals surface area (Å²) in [4.78, 5) is 6.31. The van der Waals surface area contributed by atoms with Gasteiger partial charge in [-0.25, -0.2) is 4.98 Å². The molecular weight excluding hydrogens is 137 g/mol. The Bertz CT molecular complexity index is 151. The molecule has 0 saturated carbocycles. The Kier molecular flexibility index (Phi) is 4.30. The summed E-state index contributed by atoms with van der Waals surface area (Å²) in [6.07, 6.45) is 3.28. The van der Waals surface area contributed by atoms with Crippen LogP contribution in [0, 0.1) is 0 Å². The van der Waals surface area contributed by atoms with Crippen molar-refractivity contribution in [3.8, 4) is 0 Å². The number of H-pyrrole nitrogens is 1. The molecule has 10 heavy (non-hydrogen) atoms. The SMILES string of the molecule is Nc1ncc[nH]1.OB(O)O. The van der Waals surface area contributed by atoms with Gasteiger partial charge in [-0.2, -0.15) is 0 Å². The first-order chi connectivity index (χ1) is 4.63. The highest BCUT2D eigenvalue weighted by Crippen LogP contribution is 1.81. The highest BCUT2D eigenvalue weighted by Gasteiger charge is 1.92. The molecule has 0 radical (unpaired) electrons. The molecule has 0 unspecified atom stereocenters. The number of anilines is 1. The summed E-state index contributed by atoms with van der Waals surface area (Å²) >= 11 is 0. The fourth-order valence-corrected chi connectivity index (χ4v) is 0.277. The summed E-state index contributed by atoms with van der Waals surface area (Å²) < 4.78 is 0. The van der Waals surface area contributed by atoms with Crippen LogP contribution >= 0.6 is 0 Å². The van der Waals surface area contributed by atoms with Crippen molar-refractivity contribution in [2.45, 2.75) is 0 Å². The molecule has 0 atom stereocenters. The number of rotatable bonds is 0. The van der Waals surface area contributed by atoms with Crippen LogP contribution in [0.4, 0.5) is 5.95 Å². The van der Waals surface area contributed by atoms with E-state index in [0.29, 0.717) is 5.95 Å². The molecule has 1 heterocycles. The van der Waals surface area contributed by atoms with E-state index in [-0.39, 0.29) is 0 Å². The molecule has 6 nitrogen and oxygen atoms in total. The monoisotopic (exact) mass is 145 g/mol. The minimum Gasteiger partial charge on any atom is -0.402 e. The van der Waals surface area contributed by atoms with Gasteiger partial charge >= 0.3 is 7.32 Å². The van der Waals surface area contributed by atoms with Crippen molar-refractivity contribution in [1.29, 1.82) is 0 Å². The van der Waals surface area contributed by atoms with Crippen LogP contribution in [0.2, 0.25) is 0 Å². The highest BCUT2D eigenvalue weighted by atomic mass is 16.5. The van der Waals surface area contributed by atoms with E-state index < -0.39 is 7.32 Å². The van der Waals surface area contributed by atoms with Crippen molar-refractivity contribution < 1.29 is 15.1 Å². The van der Waals surface area contributed by atoms with Gasteiger partial charge < -0.3 is 25.8 Å². The molecule has 7 heteroatoms. The minimum absolute atomic E-state index is 0.468. The fourth-order valence-electron chi connectivity index (χ4n) is 0.277. The van der Waals surface area contributed by atoms with E-state index in [1.807, 2.05) is 0 Å². The molecule has 1 aromatic rings. The van der Waals surface area contributed by atoms with Crippen molar-refractivity contribution in [3.05, 3.63) is 12.4 Å². The Balaban J connectivity index is 0.000000180. The van der Waals surface area contributed by atoms with E-state index in [4.69, 9.17) is 20.8 Å². The summed E-state index contributed by atoms with van der Waals surface area (Å²) in [5.41, 5.74) is 5.11. The van der Waals surface area contributed by atoms with E-state index in [2.05, 4.69) is 9.97 Å². The van der Waals surface area contributed by atoms with Gasteiger partial charge in [-0.05, 0) is 0 Å². The number of aromatic amines is 1. The molecule has 0 aliphatic carbocycles. The van der Waals surface area contributed by atoms with E-state index in [1.165, 1.54) is 0 Å². The number of imidazole rings is 1. The average Bonchev–Trinajstić information content (AvgIpc) is 2.15. The number of hydrogen-bond donors (Lipinski definition) is 5. The fraction of sp³-hybridized carbons (Fsp3) is 0. The van der Waals surface area contributed by atoms with Crippen molar-refractivity contribution >= 4 is 13.3 Å². The van der Waals surface area contributed by atoms with E-state index in [9.17, 15) is 0 Å². The second-order valence-electron chi connectivity index (χ2n) is 1.32. The Morgan fingerprint density at radius 1 is 1.50 bits per heavy atom. The van der Waals surface area contributed by atoms with Gasteiger partial charge in [-0.15, -0.1) is 0 Å². The van der Waals surface area contributed by atoms with Gasteiger partial charge in [-0.1, -0.05) is 0 Å². The zero-order valence-electron chi connectivity index (χ0n) is 5.10. The third-order valence-corrected chi connectivity index (χ3v) is 0.519. The normalized spacial score (nSPS) is 7.90. The van der Waals surface area contributed by atoms with Crippen molar-refractivity contribution in [2.75, 3.05) is 5.73 Å². The lowest BCUT2D eigenvalue weighted by molar-refractivity contribution is 0.278. The summed E-state index contributed by atoms with van der Waals surface area (Å²) in [5, 5.41) is 21.5. The lowest BCUT2D eigenvalue weighted by atomic mass is 10.3. The third-order valence-electron chi connectivity index (χ3n) is 0.519. The van der Waals surface area contributed by atoms with Crippen molar-refractivity contribution in [1.82, 2.24) is 9.97 Å². The Hall–Kier alpha value is -1.05. The standard InChI is InChI=1S/C3H5N3.BH3O3/c4-3-5-1-2-6-3;2-1(3)4/h1-2H,(H3,4,5,6);2-4H. The first-order valence-corrected chi connectivity index (χ1v) is 2.42. The first kappa shape index (κ1) is 8.95. The molecule has 1 aromatic heterocycles. The Labute approximate surface area is 57.5 Å². The second-order valence-corrected chi connectivity index (χ2v) is 1.32. The van der Waals surface area contributed by atoms with Crippen LogP contribution in [0.3, 0.4) is 0 Å². The average molecular weight is 145 g/mol. The highest BCUT2D eigenvalue weighted by molar-refractivity contribution is 6.30. The van der Waals surface area contributed by atoms with Gasteiger partial charge in [0, 0.05) is 12.4 Å². The smallest absolute Gasteiger partial charge is 0.402 e. The molecular formula is C3H8BN3O3. The summed E-state index contributed by atoms with van der Waals surface area (Å²) in [6.45, 7) is 0. The number of hydrogen-bond acceptors (Lipinski definition) is 5. The van der Waals surface area contributed by atoms with Gasteiger partial charge in [0.2, 0.25) is 0 Å². The number of aromatic nitrogens is 2. The lowest BCUT2D eigenvalue weighted by Gasteiger charge is -1.70. The van der Waals surface area contributed by atoms with Crippen molar-refractivity contribution in [2.24, 2.45) is 0 Å². The van der Waals surface area contributed by atoms with Gasteiger partial charge in [0.15, 0.2) is 5.95 Å². The van der Waals surface area contributed by atoms with Gasteiger partial charge in [0.25, 0.3) is 0 Å². The zero-order valence-corrected chi connectivity index (χ0v) is 5.10. The van der Waals surface area contributed by atoms with Gasteiger partial charge in [0.1, 0.15) is 0 Å². The molecule has 6 N–H and O–H groups in total. The first-order valence-electron chi connectivity index (χ1n) is 2.42. The summed E-state index contributed by atoms with van der Waals surface area (Å²) in [7, 11) is -2.17. The molecule has 1 rings (SSSR count). The van der Waals surface area contributed by atoms with Gasteiger partial charge in [-0.3, -0.25) is 0 Å². The molecule has 0 aliphatic rings. The molecule has 0 fully saturated rings. The Morgan fingerprint density at radius 2 is 2.00 bits per heavy atom. The largest absolute Gasteiger partial charge is 0.631 e. The van der Waals surface area contributed by atoms with Crippen LogP contribution in [-0.2, 0) is 0 Å². The van der Waals surface area contributed by atoms with Crippen LogP contribution in [0.25, 0.3) is 0 Å². The minimum atomic E-state index is -2.17. The number of nitrogens with zero attached hydrogens (tertiary/aromatic N) is 1. The van der Waals surface area contributed by atoms with Crippen LogP contribution in [0.15, 0.2) is 12.4 Å². The molecule has 0 spiro atoms. The molecule has 0 aliphatic heterocycles. The van der Waals surface area contributed by atoms with E-state index >= 15 is 0 Å². The molecule has 56 valence electrons. The predicted octanol–water partition coefficient (Wildman–Crippen LogP) is -2.06. The van der Waals surface area contributed by atoms with E-state index in [1.54, 1.807) is 12.4 Å². The number of nitrogen functional groups attached to an aromatic ring is 1.